The number of benzene rings is 1. The summed E-state index contributed by atoms with van der Waals surface area (Å²) in [4.78, 5) is 0. The minimum absolute atomic E-state index is 0.0273. The zero-order valence-corrected chi connectivity index (χ0v) is 9.60. The summed E-state index contributed by atoms with van der Waals surface area (Å²) in [7, 11) is 0. The van der Waals surface area contributed by atoms with Crippen molar-refractivity contribution in [2.45, 2.75) is 10.7 Å². The van der Waals surface area contributed by atoms with Crippen molar-refractivity contribution in [1.82, 2.24) is 0 Å². The van der Waals surface area contributed by atoms with Crippen molar-refractivity contribution in [3.63, 3.8) is 0 Å². The average molecular weight is 251 g/mol. The Hall–Kier alpha value is -0.981. The van der Waals surface area contributed by atoms with E-state index < -0.39 is 0 Å². The van der Waals surface area contributed by atoms with Crippen molar-refractivity contribution >= 4 is 16.0 Å². The van der Waals surface area contributed by atoms with Crippen molar-refractivity contribution in [3.8, 4) is 0 Å². The summed E-state index contributed by atoms with van der Waals surface area (Å²) in [5.41, 5.74) is 1.26. The van der Waals surface area contributed by atoms with E-state index in [1.165, 1.54) is 5.56 Å². The van der Waals surface area contributed by atoms with E-state index in [0.29, 0.717) is 5.76 Å². The molecule has 0 spiro atoms. The van der Waals surface area contributed by atoms with E-state index in [9.17, 15) is 5.11 Å². The molecule has 72 valence electrons. The van der Waals surface area contributed by atoms with Gasteiger partial charge in [-0.3, -0.25) is 0 Å². The van der Waals surface area contributed by atoms with E-state index in [-0.39, 0.29) is 4.31 Å². The Labute approximate surface area is 92.0 Å². The van der Waals surface area contributed by atoms with Gasteiger partial charge in [-0.2, -0.15) is 0 Å². The molecule has 2 rings (SSSR count). The summed E-state index contributed by atoms with van der Waals surface area (Å²) in [5.74, 6) is 0.364. The molecule has 1 atom stereocenters. The summed E-state index contributed by atoms with van der Waals surface area (Å²) in [5, 5.41) is 9.26. The Morgan fingerprint density at radius 2 is 1.93 bits per heavy atom. The summed E-state index contributed by atoms with van der Waals surface area (Å²) >= 11 is 2.68. The molecule has 0 radical (unpaired) electrons. The summed E-state index contributed by atoms with van der Waals surface area (Å²) < 4.78 is -0.0273. The molecule has 0 saturated heterocycles. The molecule has 0 aliphatic heterocycles. The van der Waals surface area contributed by atoms with Crippen LogP contribution in [-0.4, -0.2) is 21.1 Å². The number of rotatable bonds is 1. The van der Waals surface area contributed by atoms with Crippen molar-refractivity contribution in [3.05, 3.63) is 59.9 Å². The van der Waals surface area contributed by atoms with Gasteiger partial charge in [0, 0.05) is 0 Å². The molecule has 0 saturated carbocycles. The van der Waals surface area contributed by atoms with E-state index in [1.807, 2.05) is 30.4 Å². The normalized spacial score (nSPS) is 25.9. The molecule has 1 aliphatic carbocycles. The predicted molar refractivity (Wildman–Crippen MR) is 59.7 cm³/mol. The monoisotopic (exact) mass is 252 g/mol. The van der Waals surface area contributed by atoms with E-state index in [0.717, 1.165) is 6.42 Å². The van der Waals surface area contributed by atoms with Gasteiger partial charge < -0.3 is 0 Å². The Kier molecular flexibility index (Phi) is 2.49. The second-order valence-electron chi connectivity index (χ2n) is 3.46. The third-order valence-corrected chi connectivity index (χ3v) is 3.66. The van der Waals surface area contributed by atoms with E-state index in [1.54, 1.807) is 6.08 Å². The van der Waals surface area contributed by atoms with Crippen LogP contribution in [0.15, 0.2) is 54.3 Å². The Morgan fingerprint density at radius 3 is 2.50 bits per heavy atom. The number of aliphatic hydroxyl groups is 1. The van der Waals surface area contributed by atoms with Crippen molar-refractivity contribution in [1.29, 1.82) is 0 Å². The molecule has 1 N–H and O–H groups in total. The fourth-order valence-corrected chi connectivity index (χ4v) is 2.22. The molecule has 14 heavy (non-hydrogen) atoms. The Morgan fingerprint density at radius 1 is 1.21 bits per heavy atom. The maximum absolute atomic E-state index is 9.26. The molecule has 1 nitrogen and oxygen atoms in total. The van der Waals surface area contributed by atoms with Crippen molar-refractivity contribution < 1.29 is 5.11 Å². The van der Waals surface area contributed by atoms with Gasteiger partial charge in [-0.15, -0.1) is 0 Å². The predicted octanol–water partition coefficient (Wildman–Crippen LogP) is 2.18. The first-order chi connectivity index (χ1) is 6.71. The summed E-state index contributed by atoms with van der Waals surface area (Å²) in [6, 6.07) is 10.3. The van der Waals surface area contributed by atoms with Gasteiger partial charge in [0.15, 0.2) is 0 Å². The van der Waals surface area contributed by atoms with Crippen LogP contribution >= 0.6 is 0 Å². The number of hydrogen-bond donors (Lipinski definition) is 1. The van der Waals surface area contributed by atoms with Crippen LogP contribution in [0.4, 0.5) is 0 Å². The van der Waals surface area contributed by atoms with Crippen LogP contribution in [0.2, 0.25) is 0 Å². The maximum atomic E-state index is 9.26. The standard InChI is InChI=1S/C12H12OSe/c13-11-6-8-12(14,9-7-11)10-4-2-1-3-5-10/h1-8,13-14H,9H2. The minimum atomic E-state index is -0.0273. The molecule has 2 heteroatoms. The van der Waals surface area contributed by atoms with Crippen molar-refractivity contribution in [2.75, 3.05) is 0 Å². The molecule has 0 aromatic heterocycles. The van der Waals surface area contributed by atoms with Crippen LogP contribution in [0.5, 0.6) is 0 Å². The average Bonchev–Trinajstić information content (AvgIpc) is 2.24. The van der Waals surface area contributed by atoms with Gasteiger partial charge >= 0.3 is 91.7 Å². The number of aliphatic hydroxyl groups excluding tert-OH is 1. The molecule has 1 unspecified atom stereocenters. The third kappa shape index (κ3) is 1.77. The summed E-state index contributed by atoms with van der Waals surface area (Å²) in [6.45, 7) is 0. The molecule has 0 amide bonds. The van der Waals surface area contributed by atoms with Crippen LogP contribution in [-0.2, 0) is 4.31 Å². The van der Waals surface area contributed by atoms with Crippen LogP contribution in [0.1, 0.15) is 12.0 Å². The molecule has 0 fully saturated rings. The van der Waals surface area contributed by atoms with E-state index in [4.69, 9.17) is 0 Å². The SMILES string of the molecule is OC1=CCC([SeH])(c2ccccc2)C=C1. The van der Waals surface area contributed by atoms with E-state index in [2.05, 4.69) is 28.1 Å². The summed E-state index contributed by atoms with van der Waals surface area (Å²) in [6.07, 6.45) is 6.48. The molecule has 1 aromatic carbocycles. The van der Waals surface area contributed by atoms with Crippen LogP contribution in [0.3, 0.4) is 0 Å². The quantitative estimate of drug-likeness (QED) is 0.758. The van der Waals surface area contributed by atoms with Gasteiger partial charge in [0.25, 0.3) is 0 Å². The van der Waals surface area contributed by atoms with Gasteiger partial charge in [-0.05, 0) is 0 Å². The number of hydrogen-bond acceptors (Lipinski definition) is 1. The first kappa shape index (κ1) is 9.57. The van der Waals surface area contributed by atoms with Gasteiger partial charge in [0.1, 0.15) is 0 Å². The molecule has 0 heterocycles. The second kappa shape index (κ2) is 3.64. The van der Waals surface area contributed by atoms with Crippen LogP contribution in [0, 0.1) is 0 Å². The number of allylic oxidation sites excluding steroid dienone is 3. The second-order valence-corrected chi connectivity index (χ2v) is 5.13. The van der Waals surface area contributed by atoms with Gasteiger partial charge in [0.2, 0.25) is 0 Å². The Bertz CT molecular complexity index is 381. The first-order valence-corrected chi connectivity index (χ1v) is 5.51. The van der Waals surface area contributed by atoms with E-state index >= 15 is 0 Å². The zero-order valence-electron chi connectivity index (χ0n) is 7.72. The molecular weight excluding hydrogens is 239 g/mol. The topological polar surface area (TPSA) is 20.2 Å². The van der Waals surface area contributed by atoms with Gasteiger partial charge in [-0.25, -0.2) is 0 Å². The van der Waals surface area contributed by atoms with Crippen LogP contribution in [0.25, 0.3) is 0 Å². The zero-order chi connectivity index (χ0) is 10.0. The van der Waals surface area contributed by atoms with Gasteiger partial charge in [-0.1, -0.05) is 0 Å². The third-order valence-electron chi connectivity index (χ3n) is 2.43. The van der Waals surface area contributed by atoms with Crippen LogP contribution < -0.4 is 0 Å². The van der Waals surface area contributed by atoms with Gasteiger partial charge in [0.05, 0.1) is 0 Å². The first-order valence-electron chi connectivity index (χ1n) is 4.57. The molecule has 1 aromatic rings. The molecular formula is C12H12OSe. The molecule has 0 bridgehead atoms. The fraction of sp³-hybridized carbons (Fsp3) is 0.167. The fourth-order valence-electron chi connectivity index (χ4n) is 1.56. The Balaban J connectivity index is 2.32. The van der Waals surface area contributed by atoms with Crippen molar-refractivity contribution in [2.24, 2.45) is 0 Å². The molecule has 1 aliphatic rings.